The first kappa shape index (κ1) is 8.36. The predicted octanol–water partition coefficient (Wildman–Crippen LogP) is -0.389. The molecule has 0 saturated carbocycles. The molecular formula is C8H7N3O3. The zero-order chi connectivity index (χ0) is 10.3. The number of hydrogen-bond acceptors (Lipinski definition) is 3. The van der Waals surface area contributed by atoms with E-state index in [-0.39, 0.29) is 11.0 Å². The van der Waals surface area contributed by atoms with E-state index in [1.54, 1.807) is 12.1 Å². The maximum absolute atomic E-state index is 11.4. The maximum atomic E-state index is 11.4. The maximum Gasteiger partial charge on any atom is 0.390 e. The molecule has 0 spiro atoms. The zero-order valence-corrected chi connectivity index (χ0v) is 7.04. The Morgan fingerprint density at radius 3 is 2.71 bits per heavy atom. The molecule has 1 aromatic heterocycles. The van der Waals surface area contributed by atoms with Gasteiger partial charge in [0, 0.05) is 0 Å². The Labute approximate surface area is 78.3 Å². The van der Waals surface area contributed by atoms with E-state index in [1.807, 2.05) is 0 Å². The van der Waals surface area contributed by atoms with Crippen LogP contribution in [0.1, 0.15) is 10.6 Å². The van der Waals surface area contributed by atoms with Gasteiger partial charge in [-0.3, -0.25) is 4.79 Å². The highest BCUT2D eigenvalue weighted by molar-refractivity contribution is 5.90. The quantitative estimate of drug-likeness (QED) is 0.367. The summed E-state index contributed by atoms with van der Waals surface area (Å²) in [4.78, 5) is 10.8. The van der Waals surface area contributed by atoms with Gasteiger partial charge in [-0.05, 0) is 16.9 Å². The van der Waals surface area contributed by atoms with Gasteiger partial charge in [0.05, 0.1) is 0 Å². The number of benzene rings is 1. The molecule has 0 aliphatic heterocycles. The van der Waals surface area contributed by atoms with Crippen LogP contribution in [0.3, 0.4) is 0 Å². The van der Waals surface area contributed by atoms with Crippen LogP contribution >= 0.6 is 0 Å². The fourth-order valence-corrected chi connectivity index (χ4v) is 1.33. The first-order valence-electron chi connectivity index (χ1n) is 3.85. The molecule has 1 aromatic carbocycles. The van der Waals surface area contributed by atoms with Gasteiger partial charge in [0.1, 0.15) is 0 Å². The summed E-state index contributed by atoms with van der Waals surface area (Å²) in [6.45, 7) is 0. The van der Waals surface area contributed by atoms with Crippen LogP contribution in [0.5, 0.6) is 0 Å². The van der Waals surface area contributed by atoms with E-state index in [0.29, 0.717) is 9.46 Å². The zero-order valence-electron chi connectivity index (χ0n) is 7.04. The molecule has 14 heavy (non-hydrogen) atoms. The standard InChI is InChI=1S/C8H7N3O3/c9-7(12)8-10(13)5-3-1-2-4-6(5)11(8)14/h1-4,13H,(H2,9,12). The third-order valence-corrected chi connectivity index (χ3v) is 1.94. The van der Waals surface area contributed by atoms with Gasteiger partial charge in [0.2, 0.25) is 5.52 Å². The number of carbonyl (C=O) groups excluding carboxylic acids is 1. The van der Waals surface area contributed by atoms with Crippen LogP contribution in [0.4, 0.5) is 0 Å². The van der Waals surface area contributed by atoms with Crippen molar-refractivity contribution in [3.05, 3.63) is 35.3 Å². The Kier molecular flexibility index (Phi) is 1.57. The molecule has 0 saturated heterocycles. The van der Waals surface area contributed by atoms with Gasteiger partial charge in [0.15, 0.2) is 5.52 Å². The molecule has 6 heteroatoms. The number of rotatable bonds is 1. The Morgan fingerprint density at radius 2 is 2.14 bits per heavy atom. The van der Waals surface area contributed by atoms with Gasteiger partial charge in [-0.1, -0.05) is 12.1 Å². The average molecular weight is 193 g/mol. The molecule has 0 radical (unpaired) electrons. The Hall–Kier alpha value is -2.24. The molecule has 0 fully saturated rings. The van der Waals surface area contributed by atoms with Crippen molar-refractivity contribution in [1.82, 2.24) is 4.73 Å². The number of hydrogen-bond donors (Lipinski definition) is 2. The lowest BCUT2D eigenvalue weighted by molar-refractivity contribution is -0.582. The normalized spacial score (nSPS) is 10.6. The van der Waals surface area contributed by atoms with E-state index < -0.39 is 11.7 Å². The van der Waals surface area contributed by atoms with Gasteiger partial charge in [-0.2, -0.15) is 0 Å². The van der Waals surface area contributed by atoms with E-state index >= 15 is 0 Å². The summed E-state index contributed by atoms with van der Waals surface area (Å²) in [5, 5.41) is 20.9. The minimum absolute atomic E-state index is 0.198. The van der Waals surface area contributed by atoms with E-state index in [9.17, 15) is 15.2 Å². The highest BCUT2D eigenvalue weighted by atomic mass is 16.5. The summed E-state index contributed by atoms with van der Waals surface area (Å²) in [6.07, 6.45) is 0. The molecule has 0 aliphatic carbocycles. The molecular weight excluding hydrogens is 186 g/mol. The molecule has 72 valence electrons. The lowest BCUT2D eigenvalue weighted by Gasteiger charge is -1.98. The molecule has 0 aliphatic rings. The fraction of sp³-hybridized carbons (Fsp3) is 0. The molecule has 0 unspecified atom stereocenters. The van der Waals surface area contributed by atoms with Gasteiger partial charge < -0.3 is 16.1 Å². The molecule has 2 rings (SSSR count). The second-order valence-electron chi connectivity index (χ2n) is 2.78. The number of carbonyl (C=O) groups is 1. The number of nitrogens with two attached hydrogens (primary N) is 1. The van der Waals surface area contributed by atoms with E-state index in [4.69, 9.17) is 5.73 Å². The minimum atomic E-state index is -0.973. The van der Waals surface area contributed by atoms with Gasteiger partial charge in [-0.25, -0.2) is 4.73 Å². The number of fused-ring (bicyclic) bond motifs is 1. The van der Waals surface area contributed by atoms with Crippen molar-refractivity contribution in [2.45, 2.75) is 0 Å². The topological polar surface area (TPSA) is 95.2 Å². The summed E-state index contributed by atoms with van der Waals surface area (Å²) in [6, 6.07) is 6.26. The van der Waals surface area contributed by atoms with Crippen LogP contribution in [0, 0.1) is 5.21 Å². The van der Waals surface area contributed by atoms with Crippen molar-refractivity contribution in [2.75, 3.05) is 0 Å². The summed E-state index contributed by atoms with van der Waals surface area (Å²) in [7, 11) is 0. The van der Waals surface area contributed by atoms with Crippen molar-refractivity contribution in [3.8, 4) is 0 Å². The number of aromatic nitrogens is 2. The highest BCUT2D eigenvalue weighted by Crippen LogP contribution is 2.11. The largest absolute Gasteiger partial charge is 0.710 e. The lowest BCUT2D eigenvalue weighted by atomic mass is 10.3. The number of amides is 1. The van der Waals surface area contributed by atoms with E-state index in [0.717, 1.165) is 0 Å². The van der Waals surface area contributed by atoms with Crippen LogP contribution in [-0.4, -0.2) is 15.8 Å². The van der Waals surface area contributed by atoms with Crippen molar-refractivity contribution in [2.24, 2.45) is 5.73 Å². The molecule has 1 heterocycles. The van der Waals surface area contributed by atoms with Crippen LogP contribution in [0.2, 0.25) is 0 Å². The number of imidazole rings is 1. The first-order valence-corrected chi connectivity index (χ1v) is 3.85. The minimum Gasteiger partial charge on any atom is -0.710 e. The predicted molar refractivity (Wildman–Crippen MR) is 46.6 cm³/mol. The fourth-order valence-electron chi connectivity index (χ4n) is 1.33. The van der Waals surface area contributed by atoms with Crippen molar-refractivity contribution in [1.29, 1.82) is 0 Å². The van der Waals surface area contributed by atoms with Crippen LogP contribution in [0.25, 0.3) is 11.0 Å². The van der Waals surface area contributed by atoms with E-state index in [1.165, 1.54) is 12.1 Å². The van der Waals surface area contributed by atoms with Gasteiger partial charge in [0.25, 0.3) is 0 Å². The van der Waals surface area contributed by atoms with Crippen molar-refractivity contribution >= 4 is 16.9 Å². The summed E-state index contributed by atoms with van der Waals surface area (Å²) in [5.41, 5.74) is 5.38. The monoisotopic (exact) mass is 193 g/mol. The summed E-state index contributed by atoms with van der Waals surface area (Å²) < 4.78 is 0.794. The number of para-hydroxylation sites is 2. The second-order valence-corrected chi connectivity index (χ2v) is 2.78. The highest BCUT2D eigenvalue weighted by Gasteiger charge is 2.25. The third kappa shape index (κ3) is 0.905. The average Bonchev–Trinajstić information content (AvgIpc) is 2.41. The summed E-state index contributed by atoms with van der Waals surface area (Å²) in [5.74, 6) is -1.47. The van der Waals surface area contributed by atoms with Crippen LogP contribution in [0.15, 0.2) is 24.3 Å². The van der Waals surface area contributed by atoms with Crippen LogP contribution < -0.4 is 10.5 Å². The Morgan fingerprint density at radius 1 is 1.50 bits per heavy atom. The summed E-state index contributed by atoms with van der Waals surface area (Å²) >= 11 is 0. The van der Waals surface area contributed by atoms with Crippen molar-refractivity contribution in [3.63, 3.8) is 0 Å². The second kappa shape index (κ2) is 2.63. The number of primary amides is 1. The lowest BCUT2D eigenvalue weighted by Crippen LogP contribution is -2.37. The molecule has 0 bridgehead atoms. The molecule has 0 atom stereocenters. The van der Waals surface area contributed by atoms with Gasteiger partial charge in [-0.15, -0.1) is 0 Å². The SMILES string of the molecule is NC(=O)c1n(O)c2ccccc2[n+]1[O-]. The molecule has 2 aromatic rings. The Balaban J connectivity index is 2.92. The molecule has 3 N–H and O–H groups in total. The molecule has 1 amide bonds. The van der Waals surface area contributed by atoms with E-state index in [2.05, 4.69) is 0 Å². The first-order chi connectivity index (χ1) is 6.63. The third-order valence-electron chi connectivity index (χ3n) is 1.94. The smallest absolute Gasteiger partial charge is 0.390 e. The van der Waals surface area contributed by atoms with Crippen molar-refractivity contribution < 1.29 is 14.7 Å². The number of nitrogens with zero attached hydrogens (tertiary/aromatic N) is 2. The van der Waals surface area contributed by atoms with Crippen LogP contribution in [-0.2, 0) is 0 Å². The molecule has 6 nitrogen and oxygen atoms in total. The Bertz CT molecular complexity index is 479. The van der Waals surface area contributed by atoms with Gasteiger partial charge >= 0.3 is 11.7 Å².